The molecular formula is C15H30N2O2. The Bertz CT molecular complexity index is 238. The van der Waals surface area contributed by atoms with Crippen molar-refractivity contribution in [3.8, 4) is 0 Å². The largest absolute Gasteiger partial charge is 0.464 e. The molecule has 0 aliphatic carbocycles. The first-order chi connectivity index (χ1) is 9.26. The van der Waals surface area contributed by atoms with E-state index < -0.39 is 0 Å². The van der Waals surface area contributed by atoms with E-state index in [1.807, 2.05) is 0 Å². The Balaban J connectivity index is 2.18. The molecule has 1 heterocycles. The summed E-state index contributed by atoms with van der Waals surface area (Å²) in [6.45, 7) is 9.40. The predicted molar refractivity (Wildman–Crippen MR) is 78.2 cm³/mol. The highest BCUT2D eigenvalue weighted by Crippen LogP contribution is 2.13. The van der Waals surface area contributed by atoms with Crippen LogP contribution in [0.3, 0.4) is 0 Å². The number of unbranched alkanes of at least 4 members (excludes halogenated alkanes) is 1. The molecule has 19 heavy (non-hydrogen) atoms. The van der Waals surface area contributed by atoms with Crippen LogP contribution >= 0.6 is 0 Å². The van der Waals surface area contributed by atoms with Crippen molar-refractivity contribution < 1.29 is 9.53 Å². The van der Waals surface area contributed by atoms with E-state index >= 15 is 0 Å². The van der Waals surface area contributed by atoms with Gasteiger partial charge >= 0.3 is 5.97 Å². The lowest BCUT2D eigenvalue weighted by Gasteiger charge is -2.19. The topological polar surface area (TPSA) is 41.6 Å². The van der Waals surface area contributed by atoms with Gasteiger partial charge in [0.2, 0.25) is 0 Å². The summed E-state index contributed by atoms with van der Waals surface area (Å²) >= 11 is 0. The van der Waals surface area contributed by atoms with Crippen molar-refractivity contribution in [2.75, 3.05) is 39.3 Å². The van der Waals surface area contributed by atoms with Gasteiger partial charge in [-0.1, -0.05) is 33.1 Å². The maximum absolute atomic E-state index is 11.8. The number of rotatable bonds is 8. The molecule has 0 radical (unpaired) electrons. The fourth-order valence-electron chi connectivity index (χ4n) is 2.40. The number of hydrogen-bond acceptors (Lipinski definition) is 4. The van der Waals surface area contributed by atoms with Gasteiger partial charge in [-0.3, -0.25) is 9.69 Å². The van der Waals surface area contributed by atoms with E-state index in [0.717, 1.165) is 39.0 Å². The minimum absolute atomic E-state index is 0.0585. The van der Waals surface area contributed by atoms with Crippen molar-refractivity contribution in [1.82, 2.24) is 10.2 Å². The van der Waals surface area contributed by atoms with Crippen LogP contribution in [0.4, 0.5) is 0 Å². The average Bonchev–Trinajstić information content (AvgIpc) is 2.67. The lowest BCUT2D eigenvalue weighted by Crippen LogP contribution is -2.34. The Morgan fingerprint density at radius 1 is 1.32 bits per heavy atom. The third-order valence-electron chi connectivity index (χ3n) is 3.81. The maximum atomic E-state index is 11.8. The third kappa shape index (κ3) is 7.53. The van der Waals surface area contributed by atoms with Gasteiger partial charge in [0, 0.05) is 13.1 Å². The number of carbonyl (C=O) groups is 1. The molecule has 0 saturated carbocycles. The van der Waals surface area contributed by atoms with Crippen LogP contribution in [0.1, 0.15) is 46.0 Å². The molecule has 1 aliphatic rings. The maximum Gasteiger partial charge on any atom is 0.320 e. The molecule has 1 fully saturated rings. The van der Waals surface area contributed by atoms with Crippen molar-refractivity contribution in [3.63, 3.8) is 0 Å². The molecule has 0 spiro atoms. The molecule has 4 nitrogen and oxygen atoms in total. The summed E-state index contributed by atoms with van der Waals surface area (Å²) in [5.74, 6) is 0.478. The van der Waals surface area contributed by atoms with Gasteiger partial charge in [-0.05, 0) is 31.8 Å². The normalized spacial score (nSPS) is 18.8. The van der Waals surface area contributed by atoms with Crippen molar-refractivity contribution in [3.05, 3.63) is 0 Å². The van der Waals surface area contributed by atoms with E-state index in [0.29, 0.717) is 19.1 Å². The Morgan fingerprint density at radius 2 is 2.16 bits per heavy atom. The Hall–Kier alpha value is -0.610. The minimum atomic E-state index is -0.0585. The highest BCUT2D eigenvalue weighted by molar-refractivity contribution is 5.71. The first-order valence-electron chi connectivity index (χ1n) is 7.85. The van der Waals surface area contributed by atoms with Crippen LogP contribution in [0.25, 0.3) is 0 Å². The first kappa shape index (κ1) is 16.4. The molecule has 1 saturated heterocycles. The molecule has 112 valence electrons. The molecular weight excluding hydrogens is 240 g/mol. The van der Waals surface area contributed by atoms with Crippen molar-refractivity contribution in [1.29, 1.82) is 0 Å². The summed E-state index contributed by atoms with van der Waals surface area (Å²) in [4.78, 5) is 14.0. The zero-order chi connectivity index (χ0) is 13.9. The van der Waals surface area contributed by atoms with Gasteiger partial charge in [-0.15, -0.1) is 0 Å². The smallest absolute Gasteiger partial charge is 0.320 e. The van der Waals surface area contributed by atoms with E-state index in [4.69, 9.17) is 4.74 Å². The quantitative estimate of drug-likeness (QED) is 0.685. The second-order valence-electron chi connectivity index (χ2n) is 5.48. The average molecular weight is 270 g/mol. The highest BCUT2D eigenvalue weighted by atomic mass is 16.5. The van der Waals surface area contributed by atoms with Crippen molar-refractivity contribution in [2.24, 2.45) is 5.92 Å². The van der Waals surface area contributed by atoms with E-state index in [1.165, 1.54) is 19.3 Å². The van der Waals surface area contributed by atoms with Gasteiger partial charge in [-0.25, -0.2) is 0 Å². The van der Waals surface area contributed by atoms with Gasteiger partial charge < -0.3 is 10.1 Å². The fraction of sp³-hybridized carbons (Fsp3) is 0.933. The molecule has 0 aromatic rings. The number of nitrogens with zero attached hydrogens (tertiary/aromatic N) is 1. The van der Waals surface area contributed by atoms with Crippen molar-refractivity contribution >= 4 is 5.97 Å². The SMILES string of the molecule is CCCCC(CC)COC(=O)CN1CCCNCC1. The molecule has 0 bridgehead atoms. The van der Waals surface area contributed by atoms with Gasteiger partial charge in [-0.2, -0.15) is 0 Å². The number of ether oxygens (including phenoxy) is 1. The Labute approximate surface area is 117 Å². The number of carbonyl (C=O) groups excluding carboxylic acids is 1. The van der Waals surface area contributed by atoms with Crippen LogP contribution in [0.15, 0.2) is 0 Å². The molecule has 4 heteroatoms. The van der Waals surface area contributed by atoms with Crippen LogP contribution in [-0.2, 0) is 9.53 Å². The van der Waals surface area contributed by atoms with E-state index in [-0.39, 0.29) is 5.97 Å². The number of hydrogen-bond donors (Lipinski definition) is 1. The highest BCUT2D eigenvalue weighted by Gasteiger charge is 2.15. The van der Waals surface area contributed by atoms with Gasteiger partial charge in [0.25, 0.3) is 0 Å². The van der Waals surface area contributed by atoms with Gasteiger partial charge in [0.1, 0.15) is 0 Å². The first-order valence-corrected chi connectivity index (χ1v) is 7.85. The fourth-order valence-corrected chi connectivity index (χ4v) is 2.40. The second-order valence-corrected chi connectivity index (χ2v) is 5.48. The molecule has 1 aliphatic heterocycles. The van der Waals surface area contributed by atoms with Crippen LogP contribution in [0, 0.1) is 5.92 Å². The Kier molecular flexibility index (Phi) is 8.84. The second kappa shape index (κ2) is 10.2. The van der Waals surface area contributed by atoms with Gasteiger partial charge in [0.15, 0.2) is 0 Å². The predicted octanol–water partition coefficient (Wildman–Crippen LogP) is 2.04. The number of nitrogens with one attached hydrogen (secondary N) is 1. The Morgan fingerprint density at radius 3 is 2.89 bits per heavy atom. The monoisotopic (exact) mass is 270 g/mol. The number of esters is 1. The molecule has 0 aromatic heterocycles. The van der Waals surface area contributed by atoms with E-state index in [9.17, 15) is 4.79 Å². The van der Waals surface area contributed by atoms with Crippen molar-refractivity contribution in [2.45, 2.75) is 46.0 Å². The summed E-state index contributed by atoms with van der Waals surface area (Å²) in [5, 5.41) is 3.34. The van der Waals surface area contributed by atoms with Gasteiger partial charge in [0.05, 0.1) is 13.2 Å². The minimum Gasteiger partial charge on any atom is -0.464 e. The summed E-state index contributed by atoms with van der Waals surface area (Å²) in [5.41, 5.74) is 0. The molecule has 0 aromatic carbocycles. The summed E-state index contributed by atoms with van der Waals surface area (Å²) in [6.07, 6.45) is 5.83. The molecule has 1 unspecified atom stereocenters. The zero-order valence-electron chi connectivity index (χ0n) is 12.6. The zero-order valence-corrected chi connectivity index (χ0v) is 12.6. The van der Waals surface area contributed by atoms with Crippen LogP contribution in [-0.4, -0.2) is 50.2 Å². The molecule has 1 rings (SSSR count). The third-order valence-corrected chi connectivity index (χ3v) is 3.81. The summed E-state index contributed by atoms with van der Waals surface area (Å²) < 4.78 is 5.43. The standard InChI is InChI=1S/C15H30N2O2/c1-3-5-7-14(4-2)13-19-15(18)12-17-10-6-8-16-9-11-17/h14,16H,3-13H2,1-2H3. The molecule has 0 amide bonds. The van der Waals surface area contributed by atoms with E-state index in [2.05, 4.69) is 24.1 Å². The van der Waals surface area contributed by atoms with Crippen LogP contribution < -0.4 is 5.32 Å². The summed E-state index contributed by atoms with van der Waals surface area (Å²) in [7, 11) is 0. The molecule has 1 N–H and O–H groups in total. The van der Waals surface area contributed by atoms with E-state index in [1.54, 1.807) is 0 Å². The molecule has 1 atom stereocenters. The lowest BCUT2D eigenvalue weighted by molar-refractivity contribution is -0.146. The van der Waals surface area contributed by atoms with Crippen LogP contribution in [0.5, 0.6) is 0 Å². The summed E-state index contributed by atoms with van der Waals surface area (Å²) in [6, 6.07) is 0. The lowest BCUT2D eigenvalue weighted by atomic mass is 10.0. The van der Waals surface area contributed by atoms with Crippen LogP contribution in [0.2, 0.25) is 0 Å².